The van der Waals surface area contributed by atoms with Crippen LogP contribution in [0.4, 0.5) is 5.69 Å². The van der Waals surface area contributed by atoms with Gasteiger partial charge in [-0.15, -0.1) is 0 Å². The van der Waals surface area contributed by atoms with Crippen LogP contribution < -0.4 is 10.5 Å². The molecule has 1 saturated carbocycles. The first-order valence-corrected chi connectivity index (χ1v) is 4.93. The van der Waals surface area contributed by atoms with Crippen molar-refractivity contribution in [3.8, 4) is 5.75 Å². The van der Waals surface area contributed by atoms with Gasteiger partial charge in [0.25, 0.3) is 0 Å². The number of aliphatic hydroxyl groups excluding tert-OH is 1. The Morgan fingerprint density at radius 2 is 2.14 bits per heavy atom. The summed E-state index contributed by atoms with van der Waals surface area (Å²) in [5, 5.41) is 9.58. The molecule has 1 aromatic rings. The maximum Gasteiger partial charge on any atom is 0.142 e. The Balaban J connectivity index is 1.87. The molecule has 1 aliphatic rings. The lowest BCUT2D eigenvalue weighted by Gasteiger charge is -2.12. The number of aliphatic hydroxyl groups is 1. The van der Waals surface area contributed by atoms with Gasteiger partial charge in [0.15, 0.2) is 0 Å². The Bertz CT molecular complexity index is 310. The average Bonchev–Trinajstić information content (AvgIpc) is 2.99. The van der Waals surface area contributed by atoms with Gasteiger partial charge in [-0.3, -0.25) is 0 Å². The largest absolute Gasteiger partial charge is 0.489 e. The van der Waals surface area contributed by atoms with Crippen molar-refractivity contribution in [1.82, 2.24) is 0 Å². The van der Waals surface area contributed by atoms with E-state index in [4.69, 9.17) is 10.5 Å². The Hall–Kier alpha value is -1.22. The molecule has 0 amide bonds. The fraction of sp³-hybridized carbons (Fsp3) is 0.455. The molecular weight excluding hydrogens is 178 g/mol. The highest BCUT2D eigenvalue weighted by molar-refractivity contribution is 5.51. The van der Waals surface area contributed by atoms with Crippen LogP contribution in [0.2, 0.25) is 0 Å². The van der Waals surface area contributed by atoms with Crippen LogP contribution >= 0.6 is 0 Å². The van der Waals surface area contributed by atoms with Crippen molar-refractivity contribution in [3.63, 3.8) is 0 Å². The summed E-state index contributed by atoms with van der Waals surface area (Å²) in [4.78, 5) is 0. The second kappa shape index (κ2) is 3.88. The molecule has 14 heavy (non-hydrogen) atoms. The maximum absolute atomic E-state index is 9.58. The Morgan fingerprint density at radius 1 is 1.43 bits per heavy atom. The lowest BCUT2D eigenvalue weighted by atomic mass is 10.2. The zero-order chi connectivity index (χ0) is 9.97. The van der Waals surface area contributed by atoms with Crippen LogP contribution in [-0.4, -0.2) is 17.8 Å². The number of nitrogen functional groups attached to an aromatic ring is 1. The molecule has 0 heterocycles. The predicted molar refractivity (Wildman–Crippen MR) is 55.1 cm³/mol. The van der Waals surface area contributed by atoms with Gasteiger partial charge in [-0.1, -0.05) is 12.1 Å². The average molecular weight is 193 g/mol. The molecule has 0 aromatic heterocycles. The SMILES string of the molecule is Nc1ccccc1OC[C@H](O)C1CC1. The first-order valence-electron chi connectivity index (χ1n) is 4.93. The Labute approximate surface area is 83.5 Å². The summed E-state index contributed by atoms with van der Waals surface area (Å²) in [7, 11) is 0. The number of benzene rings is 1. The van der Waals surface area contributed by atoms with Gasteiger partial charge < -0.3 is 15.6 Å². The number of hydrogen-bond donors (Lipinski definition) is 2. The van der Waals surface area contributed by atoms with Crippen LogP contribution in [0.15, 0.2) is 24.3 Å². The van der Waals surface area contributed by atoms with Crippen LogP contribution in [0.5, 0.6) is 5.75 Å². The highest BCUT2D eigenvalue weighted by atomic mass is 16.5. The van der Waals surface area contributed by atoms with Crippen molar-refractivity contribution in [3.05, 3.63) is 24.3 Å². The molecule has 1 aliphatic carbocycles. The van der Waals surface area contributed by atoms with E-state index in [1.54, 1.807) is 6.07 Å². The summed E-state index contributed by atoms with van der Waals surface area (Å²) in [6.45, 7) is 0.346. The van der Waals surface area contributed by atoms with E-state index in [1.165, 1.54) is 0 Å². The summed E-state index contributed by atoms with van der Waals surface area (Å²) in [6, 6.07) is 7.34. The first kappa shape index (κ1) is 9.34. The Morgan fingerprint density at radius 3 is 2.79 bits per heavy atom. The summed E-state index contributed by atoms with van der Waals surface area (Å²) < 4.78 is 5.42. The predicted octanol–water partition coefficient (Wildman–Crippen LogP) is 1.42. The van der Waals surface area contributed by atoms with Crippen LogP contribution in [0.3, 0.4) is 0 Å². The highest BCUT2D eigenvalue weighted by Gasteiger charge is 2.30. The molecule has 0 bridgehead atoms. The minimum absolute atomic E-state index is 0.338. The third-order valence-electron chi connectivity index (χ3n) is 2.49. The minimum atomic E-state index is -0.338. The molecule has 3 N–H and O–H groups in total. The van der Waals surface area contributed by atoms with Crippen LogP contribution in [0, 0.1) is 5.92 Å². The highest BCUT2D eigenvalue weighted by Crippen LogP contribution is 2.33. The zero-order valence-corrected chi connectivity index (χ0v) is 8.02. The van der Waals surface area contributed by atoms with E-state index in [1.807, 2.05) is 18.2 Å². The van der Waals surface area contributed by atoms with Gasteiger partial charge in [0.05, 0.1) is 11.8 Å². The topological polar surface area (TPSA) is 55.5 Å². The number of para-hydroxylation sites is 2. The number of hydrogen-bond acceptors (Lipinski definition) is 3. The van der Waals surface area contributed by atoms with E-state index in [9.17, 15) is 5.11 Å². The molecule has 1 aromatic carbocycles. The second-order valence-corrected chi connectivity index (χ2v) is 3.75. The quantitative estimate of drug-likeness (QED) is 0.711. The van der Waals surface area contributed by atoms with Crippen molar-refractivity contribution in [2.24, 2.45) is 5.92 Å². The van der Waals surface area contributed by atoms with Crippen LogP contribution in [-0.2, 0) is 0 Å². The van der Waals surface area contributed by atoms with E-state index in [0.29, 0.717) is 24.0 Å². The first-order chi connectivity index (χ1) is 6.77. The normalized spacial score (nSPS) is 17.8. The Kier molecular flexibility index (Phi) is 2.59. The second-order valence-electron chi connectivity index (χ2n) is 3.75. The third kappa shape index (κ3) is 2.17. The van der Waals surface area contributed by atoms with E-state index >= 15 is 0 Å². The molecule has 1 fully saturated rings. The molecule has 76 valence electrons. The zero-order valence-electron chi connectivity index (χ0n) is 8.02. The molecule has 3 nitrogen and oxygen atoms in total. The van der Waals surface area contributed by atoms with Crippen molar-refractivity contribution < 1.29 is 9.84 Å². The van der Waals surface area contributed by atoms with Crippen LogP contribution in [0.1, 0.15) is 12.8 Å². The monoisotopic (exact) mass is 193 g/mol. The van der Waals surface area contributed by atoms with Gasteiger partial charge >= 0.3 is 0 Å². The van der Waals surface area contributed by atoms with Crippen LogP contribution in [0.25, 0.3) is 0 Å². The van der Waals surface area contributed by atoms with E-state index in [-0.39, 0.29) is 6.10 Å². The lowest BCUT2D eigenvalue weighted by Crippen LogP contribution is -2.19. The fourth-order valence-corrected chi connectivity index (χ4v) is 1.40. The number of ether oxygens (including phenoxy) is 1. The number of rotatable bonds is 4. The summed E-state index contributed by atoms with van der Waals surface area (Å²) in [5.41, 5.74) is 6.31. The van der Waals surface area contributed by atoms with E-state index in [0.717, 1.165) is 12.8 Å². The van der Waals surface area contributed by atoms with Crippen molar-refractivity contribution >= 4 is 5.69 Å². The van der Waals surface area contributed by atoms with Gasteiger partial charge in [0, 0.05) is 0 Å². The molecule has 0 saturated heterocycles. The summed E-state index contributed by atoms with van der Waals surface area (Å²) in [6.07, 6.45) is 1.90. The molecular formula is C11H15NO2. The molecule has 0 unspecified atom stereocenters. The minimum Gasteiger partial charge on any atom is -0.489 e. The number of anilines is 1. The number of nitrogens with two attached hydrogens (primary N) is 1. The summed E-state index contributed by atoms with van der Waals surface area (Å²) in [5.74, 6) is 1.10. The van der Waals surface area contributed by atoms with Gasteiger partial charge in [-0.2, -0.15) is 0 Å². The fourth-order valence-electron chi connectivity index (χ4n) is 1.40. The van der Waals surface area contributed by atoms with E-state index in [2.05, 4.69) is 0 Å². The van der Waals surface area contributed by atoms with E-state index < -0.39 is 0 Å². The standard InChI is InChI=1S/C11H15NO2/c12-9-3-1-2-4-11(9)14-7-10(13)8-5-6-8/h1-4,8,10,13H,5-7,12H2/t10-/m0/s1. The van der Waals surface area contributed by atoms with Crippen molar-refractivity contribution in [2.75, 3.05) is 12.3 Å². The van der Waals surface area contributed by atoms with Crippen molar-refractivity contribution in [2.45, 2.75) is 18.9 Å². The van der Waals surface area contributed by atoms with Gasteiger partial charge in [-0.05, 0) is 30.9 Å². The third-order valence-corrected chi connectivity index (χ3v) is 2.49. The van der Waals surface area contributed by atoms with Gasteiger partial charge in [0.2, 0.25) is 0 Å². The molecule has 0 spiro atoms. The maximum atomic E-state index is 9.58. The van der Waals surface area contributed by atoms with Crippen molar-refractivity contribution in [1.29, 1.82) is 0 Å². The smallest absolute Gasteiger partial charge is 0.142 e. The van der Waals surface area contributed by atoms with Gasteiger partial charge in [-0.25, -0.2) is 0 Å². The molecule has 1 atom stereocenters. The summed E-state index contributed by atoms with van der Waals surface area (Å²) >= 11 is 0. The molecule has 0 aliphatic heterocycles. The van der Waals surface area contributed by atoms with Gasteiger partial charge in [0.1, 0.15) is 12.4 Å². The lowest BCUT2D eigenvalue weighted by molar-refractivity contribution is 0.0898. The molecule has 3 heteroatoms. The molecule has 0 radical (unpaired) electrons. The molecule has 2 rings (SSSR count).